The molecule has 1 aliphatic heterocycles. The minimum Gasteiger partial charge on any atom is -0.390 e. The van der Waals surface area contributed by atoms with E-state index in [1.54, 1.807) is 0 Å². The Morgan fingerprint density at radius 3 is 2.52 bits per heavy atom. The summed E-state index contributed by atoms with van der Waals surface area (Å²) in [6.45, 7) is -0.781. The van der Waals surface area contributed by atoms with Crippen LogP contribution in [0.1, 0.15) is 19.1 Å². The number of phosphoric acid groups is 3. The first-order valence-electron chi connectivity index (χ1n) is 9.01. The van der Waals surface area contributed by atoms with Gasteiger partial charge in [0.05, 0.1) is 19.0 Å². The molecule has 0 radical (unpaired) electrons. The third kappa shape index (κ3) is 4.84. The number of aromatic nitrogens is 4. The molecule has 0 aromatic carbocycles. The van der Waals surface area contributed by atoms with Crippen molar-refractivity contribution in [1.29, 1.82) is 0 Å². The lowest BCUT2D eigenvalue weighted by Crippen LogP contribution is -2.41. The van der Waals surface area contributed by atoms with Crippen molar-refractivity contribution in [2.75, 3.05) is 18.1 Å². The highest BCUT2D eigenvalue weighted by Gasteiger charge is 2.61. The van der Waals surface area contributed by atoms with Gasteiger partial charge < -0.3 is 40.9 Å². The van der Waals surface area contributed by atoms with Crippen LogP contribution in [0.2, 0.25) is 0 Å². The Morgan fingerprint density at radius 1 is 1.15 bits per heavy atom. The fourth-order valence-electron chi connectivity index (χ4n) is 3.95. The summed E-state index contributed by atoms with van der Waals surface area (Å²) in [6, 6.07) is 0. The fourth-order valence-corrected chi connectivity index (χ4v) is 7.03. The number of rotatable bonds is 8. The first-order chi connectivity index (χ1) is 15.1. The van der Waals surface area contributed by atoms with Crippen molar-refractivity contribution in [3.8, 4) is 0 Å². The Balaban J connectivity index is 1.52. The van der Waals surface area contributed by atoms with E-state index in [1.165, 1.54) is 10.9 Å². The maximum atomic E-state index is 12.1. The van der Waals surface area contributed by atoms with Crippen molar-refractivity contribution in [3.05, 3.63) is 6.33 Å². The quantitative estimate of drug-likeness (QED) is 0.208. The standard InChI is InChI=1S/C12H19N6O12P3/c13-8-6-9(17-11(14)16-8)18(4-15-6)10-5-1-2-12(28-10,7(5)19)3-27-32(23,24)30-33(25,26)29-31(20,21)22/h4-5,7,10,19H,1-3H2,(H,23,24)(H,25,26)(H2,20,21,22)(H4,13,14,16,17)/t5-,7+,10-,12-/m1/s1. The van der Waals surface area contributed by atoms with Crippen LogP contribution in [0.4, 0.5) is 11.8 Å². The molecule has 1 saturated carbocycles. The highest BCUT2D eigenvalue weighted by atomic mass is 31.3. The highest BCUT2D eigenvalue weighted by Crippen LogP contribution is 2.67. The Kier molecular flexibility index (Phi) is 5.98. The number of imidazole rings is 1. The number of aliphatic hydroxyl groups is 1. The number of ether oxygens (including phenoxy) is 1. The number of nitrogens with zero attached hydrogens (tertiary/aromatic N) is 4. The average molecular weight is 532 g/mol. The van der Waals surface area contributed by atoms with Gasteiger partial charge in [-0.05, 0) is 12.8 Å². The minimum atomic E-state index is -5.68. The SMILES string of the molecule is Nc1nc(N)c2ncn([C@@H]3O[C@@]4(COP(=O)(O)OP(=O)(O)OP(=O)(O)O)CC[C@@H]3[C@@H]4O)c2n1. The van der Waals surface area contributed by atoms with E-state index in [9.17, 15) is 28.6 Å². The summed E-state index contributed by atoms with van der Waals surface area (Å²) in [5.41, 5.74) is 10.4. The molecule has 33 heavy (non-hydrogen) atoms. The Morgan fingerprint density at radius 2 is 1.85 bits per heavy atom. The smallest absolute Gasteiger partial charge is 0.390 e. The van der Waals surface area contributed by atoms with Gasteiger partial charge in [0.15, 0.2) is 11.5 Å². The summed E-state index contributed by atoms with van der Waals surface area (Å²) in [4.78, 5) is 48.1. The van der Waals surface area contributed by atoms with Crippen LogP contribution in [0.3, 0.4) is 0 Å². The third-order valence-electron chi connectivity index (χ3n) is 5.19. The zero-order chi connectivity index (χ0) is 24.4. The lowest BCUT2D eigenvalue weighted by Gasteiger charge is -2.31. The zero-order valence-corrected chi connectivity index (χ0v) is 19.0. The largest absolute Gasteiger partial charge is 0.490 e. The maximum Gasteiger partial charge on any atom is 0.490 e. The highest BCUT2D eigenvalue weighted by molar-refractivity contribution is 7.66. The maximum absolute atomic E-state index is 12.1. The molecule has 4 rings (SSSR count). The van der Waals surface area contributed by atoms with Gasteiger partial charge in [-0.25, -0.2) is 18.7 Å². The second-order valence-electron chi connectivity index (χ2n) is 7.38. The summed E-state index contributed by atoms with van der Waals surface area (Å²) < 4.78 is 53.7. The number of hydrogen-bond acceptors (Lipinski definition) is 13. The number of anilines is 2. The number of hydrogen-bond donors (Lipinski definition) is 7. The first-order valence-corrected chi connectivity index (χ1v) is 13.5. The molecule has 2 aliphatic rings. The van der Waals surface area contributed by atoms with Gasteiger partial charge in [-0.15, -0.1) is 0 Å². The molecular weight excluding hydrogens is 513 g/mol. The van der Waals surface area contributed by atoms with Crippen molar-refractivity contribution < 1.29 is 56.3 Å². The molecule has 6 atom stereocenters. The molecule has 9 N–H and O–H groups in total. The van der Waals surface area contributed by atoms with Crippen LogP contribution in [-0.2, 0) is 31.6 Å². The summed E-state index contributed by atoms with van der Waals surface area (Å²) in [5, 5.41) is 10.7. The van der Waals surface area contributed by atoms with Gasteiger partial charge in [0.25, 0.3) is 0 Å². The number of fused-ring (bicyclic) bond motifs is 3. The van der Waals surface area contributed by atoms with Crippen molar-refractivity contribution >= 4 is 46.4 Å². The Labute approximate surface area is 183 Å². The molecule has 2 unspecified atom stereocenters. The van der Waals surface area contributed by atoms with Crippen LogP contribution in [0.5, 0.6) is 0 Å². The molecule has 1 saturated heterocycles. The molecule has 2 aromatic heterocycles. The molecule has 3 heterocycles. The van der Waals surface area contributed by atoms with Crippen LogP contribution in [-0.4, -0.2) is 62.5 Å². The Hall–Kier alpha value is -1.52. The summed E-state index contributed by atoms with van der Waals surface area (Å²) in [5.74, 6) is -0.612. The Bertz CT molecular complexity index is 1230. The van der Waals surface area contributed by atoms with E-state index < -0.39 is 53.9 Å². The zero-order valence-electron chi connectivity index (χ0n) is 16.3. The molecule has 2 aromatic rings. The van der Waals surface area contributed by atoms with Crippen molar-refractivity contribution in [2.45, 2.75) is 30.8 Å². The molecular formula is C12H19N6O12P3. The summed E-state index contributed by atoms with van der Waals surface area (Å²) >= 11 is 0. The second-order valence-corrected chi connectivity index (χ2v) is 11.8. The first kappa shape index (κ1) is 24.6. The van der Waals surface area contributed by atoms with E-state index in [1.807, 2.05) is 0 Å². The van der Waals surface area contributed by atoms with Gasteiger partial charge in [0, 0.05) is 5.92 Å². The van der Waals surface area contributed by atoms with Crippen LogP contribution >= 0.6 is 23.5 Å². The number of nitrogen functional groups attached to an aromatic ring is 2. The summed E-state index contributed by atoms with van der Waals surface area (Å²) in [6.07, 6.45) is -0.137. The molecule has 2 bridgehead atoms. The van der Waals surface area contributed by atoms with Gasteiger partial charge >= 0.3 is 23.5 Å². The van der Waals surface area contributed by atoms with E-state index in [2.05, 4.69) is 23.6 Å². The monoisotopic (exact) mass is 532 g/mol. The van der Waals surface area contributed by atoms with Gasteiger partial charge in [-0.1, -0.05) is 0 Å². The third-order valence-corrected chi connectivity index (χ3v) is 8.98. The molecule has 1 aliphatic carbocycles. The number of phosphoric ester groups is 1. The summed E-state index contributed by atoms with van der Waals surface area (Å²) in [7, 11) is -16.6. The fraction of sp³-hybridized carbons (Fsp3) is 0.583. The second kappa shape index (κ2) is 8.02. The van der Waals surface area contributed by atoms with Crippen LogP contribution < -0.4 is 11.5 Å². The molecule has 0 spiro atoms. The normalized spacial score (nSPS) is 31.0. The van der Waals surface area contributed by atoms with E-state index in [0.29, 0.717) is 6.42 Å². The predicted octanol–water partition coefficient (Wildman–Crippen LogP) is -0.628. The predicted molar refractivity (Wildman–Crippen MR) is 106 cm³/mol. The van der Waals surface area contributed by atoms with Gasteiger partial charge in [-0.3, -0.25) is 9.09 Å². The molecule has 184 valence electrons. The number of nitrogens with two attached hydrogens (primary N) is 2. The van der Waals surface area contributed by atoms with Gasteiger partial charge in [0.1, 0.15) is 17.3 Å². The minimum absolute atomic E-state index is 0.0299. The van der Waals surface area contributed by atoms with E-state index in [-0.39, 0.29) is 29.4 Å². The molecule has 2 fully saturated rings. The number of aliphatic hydroxyl groups excluding tert-OH is 1. The molecule has 21 heteroatoms. The van der Waals surface area contributed by atoms with E-state index >= 15 is 0 Å². The van der Waals surface area contributed by atoms with Crippen LogP contribution in [0.25, 0.3) is 11.2 Å². The van der Waals surface area contributed by atoms with Crippen molar-refractivity contribution in [1.82, 2.24) is 19.5 Å². The topological polar surface area (TPSA) is 285 Å². The lowest BCUT2D eigenvalue weighted by atomic mass is 10.0. The van der Waals surface area contributed by atoms with E-state index in [4.69, 9.17) is 30.5 Å². The van der Waals surface area contributed by atoms with Gasteiger partial charge in [-0.2, -0.15) is 18.6 Å². The van der Waals surface area contributed by atoms with Gasteiger partial charge in [0.2, 0.25) is 5.95 Å². The van der Waals surface area contributed by atoms with E-state index in [0.717, 1.165) is 0 Å². The average Bonchev–Trinajstić information content (AvgIpc) is 3.27. The van der Waals surface area contributed by atoms with Crippen molar-refractivity contribution in [3.63, 3.8) is 0 Å². The molecule has 0 amide bonds. The lowest BCUT2D eigenvalue weighted by molar-refractivity contribution is -0.136. The van der Waals surface area contributed by atoms with Crippen molar-refractivity contribution in [2.24, 2.45) is 5.92 Å². The van der Waals surface area contributed by atoms with Crippen LogP contribution in [0.15, 0.2) is 6.33 Å². The van der Waals surface area contributed by atoms with Crippen LogP contribution in [0, 0.1) is 5.92 Å². The molecule has 18 nitrogen and oxygen atoms in total.